The van der Waals surface area contributed by atoms with Gasteiger partial charge in [-0.25, -0.2) is 4.98 Å². The van der Waals surface area contributed by atoms with E-state index >= 15 is 0 Å². The minimum absolute atomic E-state index is 0.225. The molecule has 30 heavy (non-hydrogen) atoms. The number of thiophene rings is 1. The highest BCUT2D eigenvalue weighted by molar-refractivity contribution is 7.99. The summed E-state index contributed by atoms with van der Waals surface area (Å²) in [6.45, 7) is 5.20. The Bertz CT molecular complexity index is 1090. The molecule has 1 unspecified atom stereocenters. The van der Waals surface area contributed by atoms with Crippen molar-refractivity contribution in [1.29, 1.82) is 0 Å². The number of hydrogen-bond donors (Lipinski definition) is 0. The summed E-state index contributed by atoms with van der Waals surface area (Å²) in [4.78, 5) is 22.6. The van der Waals surface area contributed by atoms with Crippen molar-refractivity contribution in [3.63, 3.8) is 0 Å². The van der Waals surface area contributed by atoms with Crippen LogP contribution in [-0.2, 0) is 24.1 Å². The van der Waals surface area contributed by atoms with Gasteiger partial charge in [-0.2, -0.15) is 0 Å². The average Bonchev–Trinajstić information content (AvgIpc) is 3.37. The summed E-state index contributed by atoms with van der Waals surface area (Å²) >= 11 is 3.34. The molecule has 0 bridgehead atoms. The van der Waals surface area contributed by atoms with Crippen LogP contribution in [-0.4, -0.2) is 48.7 Å². The molecular weight excluding hydrogens is 414 g/mol. The lowest BCUT2D eigenvalue weighted by Gasteiger charge is -2.35. The molecule has 1 fully saturated rings. The number of fused-ring (bicyclic) bond motifs is 5. The van der Waals surface area contributed by atoms with Gasteiger partial charge in [-0.15, -0.1) is 21.5 Å². The van der Waals surface area contributed by atoms with E-state index in [-0.39, 0.29) is 5.91 Å². The van der Waals surface area contributed by atoms with E-state index in [2.05, 4.69) is 33.3 Å². The molecule has 0 N–H and O–H groups in total. The van der Waals surface area contributed by atoms with Gasteiger partial charge in [0.1, 0.15) is 10.7 Å². The van der Waals surface area contributed by atoms with Crippen molar-refractivity contribution in [2.45, 2.75) is 82.8 Å². The molecule has 5 rings (SSSR count). The van der Waals surface area contributed by atoms with Crippen LogP contribution in [0.1, 0.15) is 68.6 Å². The van der Waals surface area contributed by atoms with E-state index in [0.717, 1.165) is 66.5 Å². The summed E-state index contributed by atoms with van der Waals surface area (Å²) in [5.74, 6) is 1.63. The molecule has 1 amide bonds. The van der Waals surface area contributed by atoms with Gasteiger partial charge in [-0.3, -0.25) is 9.20 Å². The highest BCUT2D eigenvalue weighted by Crippen LogP contribution is 2.38. The molecule has 1 atom stereocenters. The fourth-order valence-corrected chi connectivity index (χ4v) is 7.10. The van der Waals surface area contributed by atoms with Crippen molar-refractivity contribution in [2.24, 2.45) is 0 Å². The molecule has 0 aromatic carbocycles. The van der Waals surface area contributed by atoms with Gasteiger partial charge in [0.2, 0.25) is 5.91 Å². The van der Waals surface area contributed by atoms with Gasteiger partial charge >= 0.3 is 0 Å². The van der Waals surface area contributed by atoms with Crippen LogP contribution in [0.3, 0.4) is 0 Å². The molecular formula is C22H29N5OS2. The van der Waals surface area contributed by atoms with Gasteiger partial charge in [0.05, 0.1) is 11.1 Å². The second kappa shape index (κ2) is 8.46. The maximum Gasteiger partial charge on any atom is 0.233 e. The van der Waals surface area contributed by atoms with E-state index in [1.165, 1.54) is 46.9 Å². The summed E-state index contributed by atoms with van der Waals surface area (Å²) in [6.07, 6.45) is 10.1. The quantitative estimate of drug-likeness (QED) is 0.537. The van der Waals surface area contributed by atoms with Gasteiger partial charge < -0.3 is 4.90 Å². The SMILES string of the molecule is CCc1nc2sc3c(c2c2nnc(SCC(=O)N4CCCCC4CC)n12)CCCC3. The van der Waals surface area contributed by atoms with E-state index in [9.17, 15) is 4.79 Å². The third kappa shape index (κ3) is 3.42. The fourth-order valence-electron chi connectivity index (χ4n) is 4.99. The van der Waals surface area contributed by atoms with Crippen molar-refractivity contribution < 1.29 is 4.79 Å². The molecule has 2 aliphatic rings. The lowest BCUT2D eigenvalue weighted by molar-refractivity contribution is -0.132. The van der Waals surface area contributed by atoms with Crippen molar-refractivity contribution in [2.75, 3.05) is 12.3 Å². The van der Waals surface area contributed by atoms with Crippen LogP contribution in [0.5, 0.6) is 0 Å². The lowest BCUT2D eigenvalue weighted by atomic mass is 9.97. The third-order valence-corrected chi connectivity index (χ3v) is 8.66. The number of likely N-dealkylation sites (tertiary alicyclic amines) is 1. The summed E-state index contributed by atoms with van der Waals surface area (Å²) < 4.78 is 2.11. The molecule has 1 aliphatic heterocycles. The van der Waals surface area contributed by atoms with Crippen molar-refractivity contribution >= 4 is 44.9 Å². The van der Waals surface area contributed by atoms with Crippen LogP contribution in [0.4, 0.5) is 0 Å². The predicted molar refractivity (Wildman–Crippen MR) is 123 cm³/mol. The Morgan fingerprint density at radius 2 is 2.03 bits per heavy atom. The van der Waals surface area contributed by atoms with Crippen molar-refractivity contribution in [3.05, 3.63) is 16.3 Å². The Kier molecular flexibility index (Phi) is 5.71. The summed E-state index contributed by atoms with van der Waals surface area (Å²) in [6, 6.07) is 0.395. The van der Waals surface area contributed by atoms with Gasteiger partial charge in [0, 0.05) is 23.9 Å². The first-order valence-corrected chi connectivity index (χ1v) is 13.1. The Hall–Kier alpha value is -1.67. The van der Waals surface area contributed by atoms with Crippen molar-refractivity contribution in [3.8, 4) is 0 Å². The zero-order valence-corrected chi connectivity index (χ0v) is 19.4. The van der Waals surface area contributed by atoms with E-state index in [1.54, 1.807) is 0 Å². The largest absolute Gasteiger partial charge is 0.339 e. The first kappa shape index (κ1) is 20.2. The van der Waals surface area contributed by atoms with E-state index in [1.807, 2.05) is 11.3 Å². The molecule has 0 saturated carbocycles. The Balaban J connectivity index is 1.47. The second-order valence-electron chi connectivity index (χ2n) is 8.35. The number of thioether (sulfide) groups is 1. The third-order valence-electron chi connectivity index (χ3n) is 6.56. The van der Waals surface area contributed by atoms with Gasteiger partial charge in [0.15, 0.2) is 10.8 Å². The number of piperidine rings is 1. The number of aromatic nitrogens is 4. The monoisotopic (exact) mass is 443 g/mol. The summed E-state index contributed by atoms with van der Waals surface area (Å²) in [5.41, 5.74) is 2.36. The van der Waals surface area contributed by atoms with E-state index in [4.69, 9.17) is 4.98 Å². The minimum Gasteiger partial charge on any atom is -0.339 e. The van der Waals surface area contributed by atoms with Crippen LogP contribution in [0.2, 0.25) is 0 Å². The number of carbonyl (C=O) groups is 1. The van der Waals surface area contributed by atoms with Crippen LogP contribution in [0, 0.1) is 0 Å². The zero-order chi connectivity index (χ0) is 20.7. The summed E-state index contributed by atoms with van der Waals surface area (Å²) in [5, 5.41) is 11.1. The lowest BCUT2D eigenvalue weighted by Crippen LogP contribution is -2.44. The molecule has 4 heterocycles. The number of rotatable bonds is 5. The average molecular weight is 444 g/mol. The second-order valence-corrected chi connectivity index (χ2v) is 10.4. The first-order valence-electron chi connectivity index (χ1n) is 11.3. The van der Waals surface area contributed by atoms with Crippen LogP contribution in [0.25, 0.3) is 15.9 Å². The fraction of sp³-hybridized carbons (Fsp3) is 0.636. The number of nitrogens with zero attached hydrogens (tertiary/aromatic N) is 5. The first-order chi connectivity index (χ1) is 14.7. The molecule has 3 aromatic heterocycles. The highest BCUT2D eigenvalue weighted by Gasteiger charge is 2.27. The number of amides is 1. The van der Waals surface area contributed by atoms with Gasteiger partial charge in [0.25, 0.3) is 0 Å². The maximum absolute atomic E-state index is 12.9. The van der Waals surface area contributed by atoms with Gasteiger partial charge in [-0.05, 0) is 56.9 Å². The van der Waals surface area contributed by atoms with E-state index in [0.29, 0.717) is 11.8 Å². The Morgan fingerprint density at radius 3 is 2.87 bits per heavy atom. The Morgan fingerprint density at radius 1 is 1.17 bits per heavy atom. The molecule has 8 heteroatoms. The maximum atomic E-state index is 12.9. The van der Waals surface area contributed by atoms with E-state index < -0.39 is 0 Å². The number of hydrogen-bond acceptors (Lipinski definition) is 6. The predicted octanol–water partition coefficient (Wildman–Crippen LogP) is 4.66. The molecule has 6 nitrogen and oxygen atoms in total. The standard InChI is InChI=1S/C22H29N5OS2/c1-3-14-9-7-8-12-26(14)18(28)13-29-22-25-24-20-19-15-10-5-6-11-16(15)30-21(19)23-17(4-2)27(20)22/h14H,3-13H2,1-2H3. The molecule has 160 valence electrons. The molecule has 0 spiro atoms. The molecule has 3 aromatic rings. The number of carbonyl (C=O) groups excluding carboxylic acids is 1. The smallest absolute Gasteiger partial charge is 0.233 e. The molecule has 1 saturated heterocycles. The molecule has 0 radical (unpaired) electrons. The van der Waals surface area contributed by atoms with Crippen molar-refractivity contribution in [1.82, 2.24) is 24.5 Å². The Labute approximate surface area is 185 Å². The normalized spacial score (nSPS) is 19.5. The van der Waals surface area contributed by atoms with Crippen LogP contribution < -0.4 is 0 Å². The highest BCUT2D eigenvalue weighted by atomic mass is 32.2. The molecule has 1 aliphatic carbocycles. The summed E-state index contributed by atoms with van der Waals surface area (Å²) in [7, 11) is 0. The van der Waals surface area contributed by atoms with Crippen LogP contribution >= 0.6 is 23.1 Å². The zero-order valence-electron chi connectivity index (χ0n) is 17.8. The van der Waals surface area contributed by atoms with Gasteiger partial charge in [-0.1, -0.05) is 25.6 Å². The minimum atomic E-state index is 0.225. The van der Waals surface area contributed by atoms with Crippen LogP contribution in [0.15, 0.2) is 5.16 Å². The number of aryl methyl sites for hydroxylation is 3. The topological polar surface area (TPSA) is 63.4 Å².